The Morgan fingerprint density at radius 1 is 0.885 bits per heavy atom. The molecule has 0 saturated heterocycles. The van der Waals surface area contributed by atoms with Crippen LogP contribution in [0, 0.1) is 0 Å². The number of hydrazine groups is 1. The number of hydrogen-bond donors (Lipinski definition) is 4. The summed E-state index contributed by atoms with van der Waals surface area (Å²) in [6.07, 6.45) is 0.369. The van der Waals surface area contributed by atoms with E-state index in [1.165, 1.54) is 7.11 Å². The second kappa shape index (κ2) is 9.55. The molecular formula is C19H22N2O5. The molecule has 1 unspecified atom stereocenters. The van der Waals surface area contributed by atoms with Crippen LogP contribution in [0.2, 0.25) is 0 Å². The first-order valence-corrected chi connectivity index (χ1v) is 8.13. The second-order valence-corrected chi connectivity index (χ2v) is 5.78. The molecule has 2 aromatic carbocycles. The van der Waals surface area contributed by atoms with Gasteiger partial charge in [-0.25, -0.2) is 10.9 Å². The van der Waals surface area contributed by atoms with Crippen molar-refractivity contribution >= 4 is 11.9 Å². The summed E-state index contributed by atoms with van der Waals surface area (Å²) < 4.78 is 5.23. The number of carboxylic acids is 2. The minimum Gasteiger partial charge on any atom is -0.496 e. The molecule has 0 bridgehead atoms. The monoisotopic (exact) mass is 358 g/mol. The Hall–Kier alpha value is -2.90. The van der Waals surface area contributed by atoms with Crippen LogP contribution in [-0.4, -0.2) is 41.3 Å². The first kappa shape index (κ1) is 19.4. The summed E-state index contributed by atoms with van der Waals surface area (Å²) in [5, 5.41) is 18.8. The highest BCUT2D eigenvalue weighted by molar-refractivity contribution is 5.75. The van der Waals surface area contributed by atoms with Gasteiger partial charge >= 0.3 is 11.9 Å². The van der Waals surface area contributed by atoms with Crippen LogP contribution in [0.5, 0.6) is 5.75 Å². The highest BCUT2D eigenvalue weighted by Crippen LogP contribution is 2.19. The van der Waals surface area contributed by atoms with Crippen molar-refractivity contribution in [2.24, 2.45) is 0 Å². The van der Waals surface area contributed by atoms with Crippen molar-refractivity contribution in [1.29, 1.82) is 0 Å². The number of rotatable bonds is 10. The van der Waals surface area contributed by atoms with Crippen LogP contribution in [0.25, 0.3) is 0 Å². The Morgan fingerprint density at radius 3 is 2.00 bits per heavy atom. The Labute approximate surface area is 151 Å². The van der Waals surface area contributed by atoms with E-state index in [0.717, 1.165) is 5.56 Å². The highest BCUT2D eigenvalue weighted by atomic mass is 16.5. The molecule has 0 aliphatic carbocycles. The van der Waals surface area contributed by atoms with E-state index >= 15 is 0 Å². The van der Waals surface area contributed by atoms with Crippen LogP contribution in [0.4, 0.5) is 0 Å². The van der Waals surface area contributed by atoms with Gasteiger partial charge in [-0.3, -0.25) is 9.59 Å². The summed E-state index contributed by atoms with van der Waals surface area (Å²) in [6, 6.07) is 14.3. The van der Waals surface area contributed by atoms with Crippen LogP contribution in [0.3, 0.4) is 0 Å². The smallest absolute Gasteiger partial charge is 0.322 e. The van der Waals surface area contributed by atoms with Gasteiger partial charge in [0, 0.05) is 6.42 Å². The Bertz CT molecular complexity index is 736. The minimum absolute atomic E-state index is 0.143. The van der Waals surface area contributed by atoms with Crippen LogP contribution < -0.4 is 15.6 Å². The number of methoxy groups -OCH3 is 1. The van der Waals surface area contributed by atoms with Crippen molar-refractivity contribution in [3.63, 3.8) is 0 Å². The zero-order chi connectivity index (χ0) is 18.9. The normalized spacial score (nSPS) is 13.0. The van der Waals surface area contributed by atoms with E-state index in [9.17, 15) is 19.8 Å². The van der Waals surface area contributed by atoms with Gasteiger partial charge in [0.05, 0.1) is 7.11 Å². The molecule has 2 aromatic rings. The number of aliphatic carboxylic acids is 2. The SMILES string of the molecule is COc1ccccc1C[C@H](NNC(Cc1ccccc1)C(=O)O)C(=O)O. The summed E-state index contributed by atoms with van der Waals surface area (Å²) in [7, 11) is 1.51. The van der Waals surface area contributed by atoms with Gasteiger partial charge in [-0.15, -0.1) is 0 Å². The van der Waals surface area contributed by atoms with E-state index in [2.05, 4.69) is 10.9 Å². The molecule has 2 atom stereocenters. The number of benzene rings is 2. The van der Waals surface area contributed by atoms with Gasteiger partial charge in [-0.2, -0.15) is 0 Å². The van der Waals surface area contributed by atoms with Crippen molar-refractivity contribution in [2.75, 3.05) is 7.11 Å². The molecule has 0 fully saturated rings. The Kier molecular flexibility index (Phi) is 7.13. The van der Waals surface area contributed by atoms with Crippen molar-refractivity contribution in [3.05, 3.63) is 65.7 Å². The van der Waals surface area contributed by atoms with E-state index < -0.39 is 24.0 Å². The van der Waals surface area contributed by atoms with Crippen molar-refractivity contribution in [2.45, 2.75) is 24.9 Å². The van der Waals surface area contributed by atoms with Crippen molar-refractivity contribution in [1.82, 2.24) is 10.9 Å². The summed E-state index contributed by atoms with van der Waals surface area (Å²) in [5.74, 6) is -1.57. The number of carbonyl (C=O) groups is 2. The van der Waals surface area contributed by atoms with Crippen molar-refractivity contribution in [3.8, 4) is 5.75 Å². The standard InChI is InChI=1S/C19H22N2O5/c1-26-17-10-6-5-9-14(17)12-16(19(24)25)21-20-15(18(22)23)11-13-7-3-2-4-8-13/h2-10,15-16,20-21H,11-12H2,1H3,(H,22,23)(H,24,25)/t15?,16-/m0/s1. The molecule has 26 heavy (non-hydrogen) atoms. The van der Waals surface area contributed by atoms with Crippen LogP contribution in [0.1, 0.15) is 11.1 Å². The molecule has 7 heteroatoms. The molecule has 0 aliphatic rings. The third-order valence-electron chi connectivity index (χ3n) is 3.93. The number of carboxylic acid groups (broad SMARTS) is 2. The lowest BCUT2D eigenvalue weighted by Crippen LogP contribution is -2.54. The van der Waals surface area contributed by atoms with Gasteiger partial charge in [-0.05, 0) is 23.6 Å². The zero-order valence-electron chi connectivity index (χ0n) is 14.4. The predicted molar refractivity (Wildman–Crippen MR) is 96.0 cm³/mol. The molecule has 0 spiro atoms. The lowest BCUT2D eigenvalue weighted by Gasteiger charge is -2.20. The maximum atomic E-state index is 11.6. The van der Waals surface area contributed by atoms with Gasteiger partial charge < -0.3 is 14.9 Å². The number of hydrogen-bond acceptors (Lipinski definition) is 5. The molecule has 138 valence electrons. The van der Waals surface area contributed by atoms with Gasteiger partial charge in [0.1, 0.15) is 17.8 Å². The highest BCUT2D eigenvalue weighted by Gasteiger charge is 2.23. The second-order valence-electron chi connectivity index (χ2n) is 5.78. The molecule has 0 aromatic heterocycles. The minimum atomic E-state index is -1.09. The predicted octanol–water partition coefficient (Wildman–Crippen LogP) is 1.48. The number of para-hydroxylation sites is 1. The largest absolute Gasteiger partial charge is 0.496 e. The van der Waals surface area contributed by atoms with E-state index in [-0.39, 0.29) is 12.8 Å². The fourth-order valence-electron chi connectivity index (χ4n) is 2.54. The number of ether oxygens (including phenoxy) is 1. The van der Waals surface area contributed by atoms with Gasteiger partial charge in [0.15, 0.2) is 0 Å². The first-order valence-electron chi connectivity index (χ1n) is 8.13. The van der Waals surface area contributed by atoms with E-state index in [1.54, 1.807) is 24.3 Å². The quantitative estimate of drug-likeness (QED) is 0.477. The van der Waals surface area contributed by atoms with E-state index in [4.69, 9.17) is 4.74 Å². The fourth-order valence-corrected chi connectivity index (χ4v) is 2.54. The third kappa shape index (κ3) is 5.58. The molecule has 2 rings (SSSR count). The zero-order valence-corrected chi connectivity index (χ0v) is 14.4. The van der Waals surface area contributed by atoms with Gasteiger partial charge in [0.25, 0.3) is 0 Å². The van der Waals surface area contributed by atoms with E-state index in [1.807, 2.05) is 30.3 Å². The summed E-state index contributed by atoms with van der Waals surface area (Å²) in [6.45, 7) is 0. The summed E-state index contributed by atoms with van der Waals surface area (Å²) in [4.78, 5) is 23.0. The maximum Gasteiger partial charge on any atom is 0.322 e. The lowest BCUT2D eigenvalue weighted by molar-refractivity contribution is -0.143. The maximum absolute atomic E-state index is 11.6. The topological polar surface area (TPSA) is 108 Å². The number of nitrogens with one attached hydrogen (secondary N) is 2. The van der Waals surface area contributed by atoms with Crippen LogP contribution >= 0.6 is 0 Å². The molecule has 4 N–H and O–H groups in total. The molecule has 7 nitrogen and oxygen atoms in total. The average molecular weight is 358 g/mol. The van der Waals surface area contributed by atoms with Gasteiger partial charge in [-0.1, -0.05) is 48.5 Å². The van der Waals surface area contributed by atoms with Crippen molar-refractivity contribution < 1.29 is 24.5 Å². The van der Waals surface area contributed by atoms with E-state index in [0.29, 0.717) is 11.3 Å². The first-order chi connectivity index (χ1) is 12.5. The average Bonchev–Trinajstić information content (AvgIpc) is 2.64. The molecule has 0 radical (unpaired) electrons. The molecule has 0 saturated carbocycles. The molecule has 0 aliphatic heterocycles. The molecular weight excluding hydrogens is 336 g/mol. The Morgan fingerprint density at radius 2 is 1.42 bits per heavy atom. The van der Waals surface area contributed by atoms with Crippen LogP contribution in [-0.2, 0) is 22.4 Å². The fraction of sp³-hybridized carbons (Fsp3) is 0.263. The third-order valence-corrected chi connectivity index (χ3v) is 3.93. The molecule has 0 heterocycles. The van der Waals surface area contributed by atoms with Gasteiger partial charge in [0.2, 0.25) is 0 Å². The lowest BCUT2D eigenvalue weighted by atomic mass is 10.0. The summed E-state index contributed by atoms with van der Waals surface area (Å²) >= 11 is 0. The van der Waals surface area contributed by atoms with Crippen LogP contribution in [0.15, 0.2) is 54.6 Å². The Balaban J connectivity index is 2.03. The summed E-state index contributed by atoms with van der Waals surface area (Å²) in [5.41, 5.74) is 6.82. The molecule has 0 amide bonds.